The van der Waals surface area contributed by atoms with E-state index in [2.05, 4.69) is 5.32 Å². The highest BCUT2D eigenvalue weighted by atomic mass is 35.5. The smallest absolute Gasteiger partial charge is 0.264 e. The first-order valence-electron chi connectivity index (χ1n) is 12.6. The van der Waals surface area contributed by atoms with Crippen LogP contribution in [-0.4, -0.2) is 43.8 Å². The number of hydrogen-bond acceptors (Lipinski definition) is 4. The Labute approximate surface area is 240 Å². The largest absolute Gasteiger partial charge is 0.352 e. The van der Waals surface area contributed by atoms with E-state index in [-0.39, 0.29) is 23.4 Å². The lowest BCUT2D eigenvalue weighted by molar-refractivity contribution is -0.139. The molecule has 0 aliphatic carbocycles. The van der Waals surface area contributed by atoms with Crippen LogP contribution < -0.4 is 9.62 Å². The predicted octanol–water partition coefficient (Wildman–Crippen LogP) is 5.69. The van der Waals surface area contributed by atoms with Crippen molar-refractivity contribution in [3.05, 3.63) is 94.0 Å². The summed E-state index contributed by atoms with van der Waals surface area (Å²) in [6.07, 6.45) is 0.782. The molecule has 3 aromatic rings. The van der Waals surface area contributed by atoms with Crippen LogP contribution in [-0.2, 0) is 32.6 Å². The van der Waals surface area contributed by atoms with Gasteiger partial charge in [-0.05, 0) is 74.7 Å². The maximum Gasteiger partial charge on any atom is 0.264 e. The van der Waals surface area contributed by atoms with Gasteiger partial charge in [-0.1, -0.05) is 66.5 Å². The molecule has 208 valence electrons. The molecule has 7 nitrogen and oxygen atoms in total. The number of halogens is 2. The van der Waals surface area contributed by atoms with Gasteiger partial charge in [0.05, 0.1) is 20.6 Å². The van der Waals surface area contributed by atoms with Crippen molar-refractivity contribution < 1.29 is 18.0 Å². The van der Waals surface area contributed by atoms with Gasteiger partial charge in [0.25, 0.3) is 10.0 Å². The molecule has 3 rings (SSSR count). The fourth-order valence-corrected chi connectivity index (χ4v) is 5.72. The molecular formula is C29H33Cl2N3O4S. The van der Waals surface area contributed by atoms with Gasteiger partial charge >= 0.3 is 0 Å². The summed E-state index contributed by atoms with van der Waals surface area (Å²) in [5.41, 5.74) is 2.02. The van der Waals surface area contributed by atoms with Crippen molar-refractivity contribution in [1.82, 2.24) is 10.2 Å². The molecule has 2 amide bonds. The summed E-state index contributed by atoms with van der Waals surface area (Å²) in [7, 11) is -4.11. The lowest BCUT2D eigenvalue weighted by atomic mass is 10.1. The first-order valence-corrected chi connectivity index (χ1v) is 14.8. The molecule has 0 aliphatic heterocycles. The number of carbonyl (C=O) groups is 2. The summed E-state index contributed by atoms with van der Waals surface area (Å²) in [6.45, 7) is 6.77. The first-order chi connectivity index (χ1) is 18.4. The zero-order chi connectivity index (χ0) is 28.7. The second-order valence-corrected chi connectivity index (χ2v) is 12.1. The summed E-state index contributed by atoms with van der Waals surface area (Å²) < 4.78 is 28.6. The summed E-state index contributed by atoms with van der Waals surface area (Å²) in [5, 5.41) is 3.50. The molecule has 0 spiro atoms. The highest BCUT2D eigenvalue weighted by molar-refractivity contribution is 7.92. The van der Waals surface area contributed by atoms with Crippen LogP contribution in [0.3, 0.4) is 0 Å². The third kappa shape index (κ3) is 7.75. The number of hydrogen-bond donors (Lipinski definition) is 1. The molecular weight excluding hydrogens is 557 g/mol. The predicted molar refractivity (Wildman–Crippen MR) is 157 cm³/mol. The van der Waals surface area contributed by atoms with E-state index in [1.165, 1.54) is 17.0 Å². The van der Waals surface area contributed by atoms with E-state index in [0.717, 1.165) is 16.3 Å². The molecule has 0 fully saturated rings. The Hall–Kier alpha value is -3.07. The maximum absolute atomic E-state index is 13.9. The van der Waals surface area contributed by atoms with E-state index >= 15 is 0 Å². The second kappa shape index (κ2) is 13.3. The molecule has 0 aromatic heterocycles. The number of nitrogens with zero attached hydrogens (tertiary/aromatic N) is 2. The minimum Gasteiger partial charge on any atom is -0.352 e. The number of carbonyl (C=O) groups excluding carboxylic acids is 2. The quantitative estimate of drug-likeness (QED) is 0.311. The minimum atomic E-state index is -4.11. The third-order valence-corrected chi connectivity index (χ3v) is 8.70. The maximum atomic E-state index is 13.9. The van der Waals surface area contributed by atoms with Crippen molar-refractivity contribution in [2.24, 2.45) is 0 Å². The van der Waals surface area contributed by atoms with Crippen LogP contribution in [0.2, 0.25) is 10.0 Å². The molecule has 0 saturated heterocycles. The van der Waals surface area contributed by atoms with E-state index in [9.17, 15) is 18.0 Å². The van der Waals surface area contributed by atoms with Gasteiger partial charge in [0.2, 0.25) is 11.8 Å². The Kier molecular flexibility index (Phi) is 10.4. The Bertz CT molecular complexity index is 1400. The molecule has 0 saturated carbocycles. The third-order valence-electron chi connectivity index (χ3n) is 6.18. The Morgan fingerprint density at radius 2 is 1.49 bits per heavy atom. The topological polar surface area (TPSA) is 86.8 Å². The van der Waals surface area contributed by atoms with Crippen LogP contribution in [0, 0.1) is 0 Å². The number of nitrogens with one attached hydrogen (secondary N) is 1. The summed E-state index contributed by atoms with van der Waals surface area (Å²) in [5.74, 6) is -0.908. The van der Waals surface area contributed by atoms with E-state index < -0.39 is 28.5 Å². The summed E-state index contributed by atoms with van der Waals surface area (Å²) in [6, 6.07) is 18.9. The first kappa shape index (κ1) is 30.5. The fraction of sp³-hybridized carbons (Fsp3) is 0.310. The SMILES string of the molecule is CCc1ccc(N(CC(=O)N(Cc2ccc(Cl)c(Cl)c2)C(C)C(=O)NC(C)C)S(=O)(=O)c2ccccc2)cc1. The number of benzene rings is 3. The van der Waals surface area contributed by atoms with Gasteiger partial charge in [-0.2, -0.15) is 0 Å². The van der Waals surface area contributed by atoms with Gasteiger partial charge in [0.15, 0.2) is 0 Å². The molecule has 0 heterocycles. The number of rotatable bonds is 11. The molecule has 1 atom stereocenters. The highest BCUT2D eigenvalue weighted by Crippen LogP contribution is 2.26. The Balaban J connectivity index is 2.03. The van der Waals surface area contributed by atoms with Crippen molar-refractivity contribution >= 4 is 50.7 Å². The lowest BCUT2D eigenvalue weighted by Gasteiger charge is -2.32. The zero-order valence-electron chi connectivity index (χ0n) is 22.4. The molecule has 10 heteroatoms. The lowest BCUT2D eigenvalue weighted by Crippen LogP contribution is -2.52. The van der Waals surface area contributed by atoms with Gasteiger partial charge in [-0.3, -0.25) is 13.9 Å². The van der Waals surface area contributed by atoms with E-state index in [4.69, 9.17) is 23.2 Å². The van der Waals surface area contributed by atoms with E-state index in [1.54, 1.807) is 55.5 Å². The number of aryl methyl sites for hydroxylation is 1. The molecule has 0 aliphatic rings. The summed E-state index contributed by atoms with van der Waals surface area (Å²) in [4.78, 5) is 28.3. The van der Waals surface area contributed by atoms with Crippen molar-refractivity contribution in [3.8, 4) is 0 Å². The monoisotopic (exact) mass is 589 g/mol. The van der Waals surface area contributed by atoms with Gasteiger partial charge in [0, 0.05) is 12.6 Å². The van der Waals surface area contributed by atoms with Crippen LogP contribution in [0.4, 0.5) is 5.69 Å². The van der Waals surface area contributed by atoms with Crippen LogP contribution >= 0.6 is 23.2 Å². The van der Waals surface area contributed by atoms with E-state index in [1.807, 2.05) is 32.9 Å². The molecule has 0 radical (unpaired) electrons. The van der Waals surface area contributed by atoms with Gasteiger partial charge in [-0.25, -0.2) is 8.42 Å². The van der Waals surface area contributed by atoms with Crippen molar-refractivity contribution in [2.45, 2.75) is 57.6 Å². The Morgan fingerprint density at radius 3 is 2.05 bits per heavy atom. The van der Waals surface area contributed by atoms with Crippen molar-refractivity contribution in [2.75, 3.05) is 10.8 Å². The highest BCUT2D eigenvalue weighted by Gasteiger charge is 2.32. The number of anilines is 1. The zero-order valence-corrected chi connectivity index (χ0v) is 24.7. The van der Waals surface area contributed by atoms with Gasteiger partial charge in [-0.15, -0.1) is 0 Å². The standard InChI is InChI=1S/C29H33Cl2N3O4S/c1-5-22-11-14-24(15-12-22)34(39(37,38)25-9-7-6-8-10-25)19-28(35)33(21(4)29(36)32-20(2)3)18-23-13-16-26(30)27(31)17-23/h6-17,20-21H,5,18-19H2,1-4H3,(H,32,36). The normalized spacial score (nSPS) is 12.2. The van der Waals surface area contributed by atoms with Gasteiger partial charge in [0.1, 0.15) is 12.6 Å². The molecule has 1 N–H and O–H groups in total. The van der Waals surface area contributed by atoms with Crippen LogP contribution in [0.1, 0.15) is 38.8 Å². The van der Waals surface area contributed by atoms with Crippen molar-refractivity contribution in [1.29, 1.82) is 0 Å². The minimum absolute atomic E-state index is 0.0242. The number of sulfonamides is 1. The molecule has 0 bridgehead atoms. The Morgan fingerprint density at radius 1 is 0.872 bits per heavy atom. The van der Waals surface area contributed by atoms with Crippen LogP contribution in [0.15, 0.2) is 77.7 Å². The van der Waals surface area contributed by atoms with Crippen molar-refractivity contribution in [3.63, 3.8) is 0 Å². The van der Waals surface area contributed by atoms with Gasteiger partial charge < -0.3 is 10.2 Å². The number of amides is 2. The average molecular weight is 591 g/mol. The molecule has 3 aromatic carbocycles. The average Bonchev–Trinajstić information content (AvgIpc) is 2.92. The van der Waals surface area contributed by atoms with Crippen LogP contribution in [0.25, 0.3) is 0 Å². The van der Waals surface area contributed by atoms with Crippen LogP contribution in [0.5, 0.6) is 0 Å². The van der Waals surface area contributed by atoms with E-state index in [0.29, 0.717) is 21.3 Å². The molecule has 1 unspecified atom stereocenters. The fourth-order valence-electron chi connectivity index (χ4n) is 3.97. The molecule has 39 heavy (non-hydrogen) atoms. The summed E-state index contributed by atoms with van der Waals surface area (Å²) >= 11 is 12.3. The second-order valence-electron chi connectivity index (χ2n) is 9.45.